The first-order valence-electron chi connectivity index (χ1n) is 21.9. The van der Waals surface area contributed by atoms with E-state index in [1.807, 2.05) is 97.4 Å². The molecule has 4 aromatic carbocycles. The van der Waals surface area contributed by atoms with Crippen LogP contribution in [0, 0.1) is 27.7 Å². The number of carbonyl (C=O) groups excluding carboxylic acids is 3. The van der Waals surface area contributed by atoms with Crippen molar-refractivity contribution in [2.45, 2.75) is 74.0 Å². The fourth-order valence-electron chi connectivity index (χ4n) is 6.95. The summed E-state index contributed by atoms with van der Waals surface area (Å²) in [7, 11) is 0. The first-order valence-corrected chi connectivity index (χ1v) is 21.9. The lowest BCUT2D eigenvalue weighted by Gasteiger charge is -2.24. The van der Waals surface area contributed by atoms with Gasteiger partial charge in [0.2, 0.25) is 17.7 Å². The van der Waals surface area contributed by atoms with E-state index in [1.165, 1.54) is 48.6 Å². The van der Waals surface area contributed by atoms with Gasteiger partial charge in [0.15, 0.2) is 17.9 Å². The molecule has 8 N–H and O–H groups in total. The fourth-order valence-corrected chi connectivity index (χ4v) is 6.95. The van der Waals surface area contributed by atoms with Gasteiger partial charge in [0, 0.05) is 62.8 Å². The summed E-state index contributed by atoms with van der Waals surface area (Å²) in [5, 5.41) is 27.3. The van der Waals surface area contributed by atoms with Gasteiger partial charge in [-0.1, -0.05) is 119 Å². The molecule has 1 fully saturated rings. The number of aromatic nitrogens is 8. The van der Waals surface area contributed by atoms with Crippen molar-refractivity contribution in [3.8, 4) is 45.0 Å². The lowest BCUT2D eigenvalue weighted by molar-refractivity contribution is -0.115. The maximum atomic E-state index is 11.6. The van der Waals surface area contributed by atoms with Gasteiger partial charge in [0.05, 0.1) is 22.8 Å². The highest BCUT2D eigenvalue weighted by Crippen LogP contribution is 2.30. The molecule has 0 aliphatic carbocycles. The highest BCUT2D eigenvalue weighted by atomic mass is 16.5. The molecule has 9 rings (SSSR count). The minimum Gasteiger partial charge on any atom is -0.382 e. The molecule has 67 heavy (non-hydrogen) atoms. The summed E-state index contributed by atoms with van der Waals surface area (Å²) >= 11 is 0. The molecule has 8 aromatic rings. The van der Waals surface area contributed by atoms with Crippen molar-refractivity contribution in [1.29, 1.82) is 0 Å². The molecule has 5 heterocycles. The third-order valence-corrected chi connectivity index (χ3v) is 10.4. The van der Waals surface area contributed by atoms with Gasteiger partial charge in [-0.3, -0.25) is 24.6 Å². The third kappa shape index (κ3) is 13.9. The third-order valence-electron chi connectivity index (χ3n) is 10.4. The van der Waals surface area contributed by atoms with Crippen LogP contribution in [0.5, 0.6) is 0 Å². The molecule has 0 bridgehead atoms. The Morgan fingerprint density at radius 3 is 1.51 bits per heavy atom. The molecule has 1 saturated heterocycles. The molecular formula is C51H58N12O4. The second-order valence-corrected chi connectivity index (χ2v) is 16.3. The Morgan fingerprint density at radius 1 is 0.567 bits per heavy atom. The zero-order valence-corrected chi connectivity index (χ0v) is 38.9. The number of aryl methyl sites for hydroxylation is 4. The summed E-state index contributed by atoms with van der Waals surface area (Å²) in [5.74, 6) is 1.44. The summed E-state index contributed by atoms with van der Waals surface area (Å²) in [6, 6.07) is 39.7. The Balaban J connectivity index is 0.000000149. The summed E-state index contributed by atoms with van der Waals surface area (Å²) in [6.07, 6.45) is 3.33. The van der Waals surface area contributed by atoms with E-state index in [0.717, 1.165) is 64.3 Å². The minimum absolute atomic E-state index is 0.0161. The topological polar surface area (TPSA) is 230 Å². The number of hydrogen-bond donors (Lipinski definition) is 6. The van der Waals surface area contributed by atoms with E-state index in [4.69, 9.17) is 16.2 Å². The van der Waals surface area contributed by atoms with Crippen LogP contribution >= 0.6 is 0 Å². The molecule has 0 radical (unpaired) electrons. The Hall–Kier alpha value is -8.11. The second kappa shape index (κ2) is 22.7. The molecule has 1 unspecified atom stereocenters. The maximum absolute atomic E-state index is 11.6. The number of aromatic amines is 2. The van der Waals surface area contributed by atoms with Crippen LogP contribution < -0.4 is 22.1 Å². The lowest BCUT2D eigenvalue weighted by atomic mass is 10.1. The molecule has 1 aliphatic rings. The second-order valence-electron chi connectivity index (χ2n) is 16.3. The predicted octanol–water partition coefficient (Wildman–Crippen LogP) is 9.93. The SMILES string of the molecule is CC(=O)Nc1cc(-c2ccc(C)cc2)[nH]n1.CC(=O)Nc1cc(-c2ccc(C)cc2)n(C(C)=O)n1.Cc1ccc(-c2cc(N)n[nH]2)cc1.Cc1ccc(-c2cc(N)nn2C2CCCCO2)cc1. The van der Waals surface area contributed by atoms with Gasteiger partial charge in [0.25, 0.3) is 0 Å². The average molecular weight is 903 g/mol. The van der Waals surface area contributed by atoms with Crippen LogP contribution in [-0.2, 0) is 14.3 Å². The molecular weight excluding hydrogens is 845 g/mol. The molecule has 16 nitrogen and oxygen atoms in total. The number of anilines is 4. The van der Waals surface area contributed by atoms with E-state index >= 15 is 0 Å². The standard InChI is InChI=1S/C15H19N3O.C14H15N3O2.C12H13N3O.C10H11N3/c1-11-5-7-12(8-6-11)13-10-14(16)17-18(13)15-4-2-3-9-19-15;1-9-4-6-12(7-5-9)13-8-14(15-10(2)18)16-17(13)11(3)19;1-8-3-5-10(6-4-8)11-7-12(15-14-11)13-9(2)16;1-7-2-4-8(5-3-7)9-6-10(11)13-12-9/h5-8,10,15H,2-4,9H2,1H3,(H2,16,17);4-8H,1-3H3,(H,15,16,18);3-7H,1-2H3,(H2,13,14,15,16);2-6H,1H3,(H3,11,12,13). The van der Waals surface area contributed by atoms with E-state index < -0.39 is 0 Å². The van der Waals surface area contributed by atoms with Gasteiger partial charge in [-0.2, -0.15) is 20.0 Å². The number of hydrogen-bond acceptors (Lipinski definition) is 10. The van der Waals surface area contributed by atoms with Gasteiger partial charge in [-0.05, 0) is 58.1 Å². The molecule has 346 valence electrons. The van der Waals surface area contributed by atoms with Crippen LogP contribution in [0.15, 0.2) is 121 Å². The first-order chi connectivity index (χ1) is 32.1. The van der Waals surface area contributed by atoms with Crippen LogP contribution in [0.1, 0.15) is 73.3 Å². The fraction of sp³-hybridized carbons (Fsp3) is 0.235. The van der Waals surface area contributed by atoms with Crippen LogP contribution in [0.2, 0.25) is 0 Å². The normalized spacial score (nSPS) is 12.9. The van der Waals surface area contributed by atoms with E-state index in [1.54, 1.807) is 6.07 Å². The number of ether oxygens (including phenoxy) is 1. The largest absolute Gasteiger partial charge is 0.382 e. The van der Waals surface area contributed by atoms with Crippen molar-refractivity contribution in [3.05, 3.63) is 144 Å². The predicted molar refractivity (Wildman–Crippen MR) is 265 cm³/mol. The van der Waals surface area contributed by atoms with Crippen LogP contribution in [0.3, 0.4) is 0 Å². The van der Waals surface area contributed by atoms with Gasteiger partial charge in [-0.25, -0.2) is 4.68 Å². The van der Waals surface area contributed by atoms with Crippen molar-refractivity contribution >= 4 is 41.0 Å². The number of nitrogen functional groups attached to an aromatic ring is 2. The van der Waals surface area contributed by atoms with Crippen LogP contribution in [0.4, 0.5) is 23.3 Å². The average Bonchev–Trinajstić information content (AvgIpc) is 4.13. The van der Waals surface area contributed by atoms with Crippen LogP contribution in [0.25, 0.3) is 45.0 Å². The number of nitrogens with two attached hydrogens (primary N) is 2. The summed E-state index contributed by atoms with van der Waals surface area (Å²) < 4.78 is 9.03. The maximum Gasteiger partial charge on any atom is 0.244 e. The first kappa shape index (κ1) is 48.3. The van der Waals surface area contributed by atoms with Gasteiger partial charge < -0.3 is 26.8 Å². The number of H-pyrrole nitrogens is 2. The summed E-state index contributed by atoms with van der Waals surface area (Å²) in [4.78, 5) is 33.5. The number of rotatable bonds is 7. The zero-order chi connectivity index (χ0) is 48.0. The van der Waals surface area contributed by atoms with Crippen molar-refractivity contribution in [2.75, 3.05) is 28.7 Å². The van der Waals surface area contributed by atoms with Gasteiger partial charge in [0.1, 0.15) is 11.6 Å². The highest BCUT2D eigenvalue weighted by Gasteiger charge is 2.21. The smallest absolute Gasteiger partial charge is 0.244 e. The molecule has 1 aliphatic heterocycles. The number of carbonyl (C=O) groups is 3. The molecule has 0 spiro atoms. The van der Waals surface area contributed by atoms with E-state index in [-0.39, 0.29) is 23.9 Å². The highest BCUT2D eigenvalue weighted by molar-refractivity contribution is 5.90. The van der Waals surface area contributed by atoms with Crippen LogP contribution in [-0.4, -0.2) is 64.3 Å². The van der Waals surface area contributed by atoms with Crippen molar-refractivity contribution in [2.24, 2.45) is 0 Å². The molecule has 1 atom stereocenters. The van der Waals surface area contributed by atoms with E-state index in [9.17, 15) is 14.4 Å². The van der Waals surface area contributed by atoms with E-state index in [2.05, 4.69) is 91.5 Å². The van der Waals surface area contributed by atoms with E-state index in [0.29, 0.717) is 29.0 Å². The Labute approximate surface area is 390 Å². The Bertz CT molecular complexity index is 2870. The number of benzene rings is 4. The lowest BCUT2D eigenvalue weighted by Crippen LogP contribution is -2.20. The van der Waals surface area contributed by atoms with Gasteiger partial charge >= 0.3 is 0 Å². The van der Waals surface area contributed by atoms with Crippen molar-refractivity contribution < 1.29 is 19.1 Å². The van der Waals surface area contributed by atoms with Crippen molar-refractivity contribution in [1.82, 2.24) is 40.0 Å². The molecule has 16 heteroatoms. The minimum atomic E-state index is -0.219. The quantitative estimate of drug-likeness (QED) is 0.0886. The summed E-state index contributed by atoms with van der Waals surface area (Å²) in [5.41, 5.74) is 23.9. The van der Waals surface area contributed by atoms with Crippen molar-refractivity contribution in [3.63, 3.8) is 0 Å². The summed E-state index contributed by atoms with van der Waals surface area (Å²) in [6.45, 7) is 13.3. The Morgan fingerprint density at radius 2 is 1.04 bits per heavy atom. The zero-order valence-electron chi connectivity index (χ0n) is 38.9. The molecule has 4 aromatic heterocycles. The molecule has 2 amide bonds. The number of nitrogens with zero attached hydrogens (tertiary/aromatic N) is 6. The number of amides is 2. The number of nitrogens with one attached hydrogen (secondary N) is 4. The Kier molecular flexibility index (Phi) is 16.4. The monoisotopic (exact) mass is 902 g/mol. The van der Waals surface area contributed by atoms with Gasteiger partial charge in [-0.15, -0.1) is 5.10 Å². The molecule has 0 saturated carbocycles.